The molecule has 3 N–H and O–H groups in total. The van der Waals surface area contributed by atoms with Gasteiger partial charge in [0.25, 0.3) is 0 Å². The molecule has 0 amide bonds. The van der Waals surface area contributed by atoms with Gasteiger partial charge >= 0.3 is 0 Å². The van der Waals surface area contributed by atoms with Crippen LogP contribution < -0.4 is 11.1 Å². The average Bonchev–Trinajstić information content (AvgIpc) is 2.29. The monoisotopic (exact) mass is 298 g/mol. The molecule has 0 saturated carbocycles. The molecule has 0 aromatic heterocycles. The lowest BCUT2D eigenvalue weighted by molar-refractivity contribution is 0.0300. The Balaban J connectivity index is 1.97. The Kier molecular flexibility index (Phi) is 3.94. The van der Waals surface area contributed by atoms with Crippen LogP contribution in [0.15, 0.2) is 22.7 Å². The third kappa shape index (κ3) is 3.36. The number of halogens is 1. The number of nitrogen functional groups attached to an aromatic ring is 1. The Bertz CT molecular complexity index is 389. The normalized spacial score (nSPS) is 18.9. The number of hydrogen-bond donors (Lipinski definition) is 2. The van der Waals surface area contributed by atoms with Crippen molar-refractivity contribution in [3.05, 3.63) is 22.7 Å². The first kappa shape index (κ1) is 12.7. The van der Waals surface area contributed by atoms with Crippen LogP contribution in [0.3, 0.4) is 0 Å². The molecule has 2 rings (SSSR count). The van der Waals surface area contributed by atoms with Gasteiger partial charge in [0.2, 0.25) is 0 Å². The van der Waals surface area contributed by atoms with Crippen LogP contribution in [0.25, 0.3) is 0 Å². The van der Waals surface area contributed by atoms with E-state index in [4.69, 9.17) is 10.5 Å². The van der Waals surface area contributed by atoms with Crippen molar-refractivity contribution >= 4 is 27.3 Å². The molecule has 1 fully saturated rings. The van der Waals surface area contributed by atoms with Gasteiger partial charge in [-0.2, -0.15) is 0 Å². The number of hydrogen-bond acceptors (Lipinski definition) is 3. The molecule has 1 heterocycles. The predicted molar refractivity (Wildman–Crippen MR) is 75.2 cm³/mol. The van der Waals surface area contributed by atoms with Crippen molar-refractivity contribution in [3.8, 4) is 0 Å². The maximum Gasteiger partial charge on any atom is 0.0574 e. The average molecular weight is 299 g/mol. The highest BCUT2D eigenvalue weighted by Gasteiger charge is 2.27. The smallest absolute Gasteiger partial charge is 0.0574 e. The van der Waals surface area contributed by atoms with E-state index in [0.717, 1.165) is 48.4 Å². The SMILES string of the molecule is CC1(CNc2ccc(Br)cc2N)CCOCC1. The van der Waals surface area contributed by atoms with E-state index in [1.165, 1.54) is 0 Å². The van der Waals surface area contributed by atoms with Gasteiger partial charge in [-0.15, -0.1) is 0 Å². The van der Waals surface area contributed by atoms with E-state index >= 15 is 0 Å². The summed E-state index contributed by atoms with van der Waals surface area (Å²) in [6.45, 7) is 4.99. The first-order valence-corrected chi connectivity index (χ1v) is 6.75. The quantitative estimate of drug-likeness (QED) is 0.842. The first-order chi connectivity index (χ1) is 8.09. The van der Waals surface area contributed by atoms with Crippen LogP contribution in [0, 0.1) is 5.41 Å². The third-order valence-electron chi connectivity index (χ3n) is 3.42. The lowest BCUT2D eigenvalue weighted by atomic mass is 9.82. The lowest BCUT2D eigenvalue weighted by Gasteiger charge is -2.34. The standard InChI is InChI=1S/C13H19BrN2O/c1-13(4-6-17-7-5-13)9-16-12-3-2-10(14)8-11(12)15/h2-3,8,16H,4-7,9,15H2,1H3. The lowest BCUT2D eigenvalue weighted by Crippen LogP contribution is -2.33. The summed E-state index contributed by atoms with van der Waals surface area (Å²) in [6, 6.07) is 5.95. The van der Waals surface area contributed by atoms with Gasteiger partial charge < -0.3 is 15.8 Å². The van der Waals surface area contributed by atoms with Crippen LogP contribution in [-0.2, 0) is 4.74 Å². The molecule has 4 heteroatoms. The molecule has 1 aromatic rings. The maximum atomic E-state index is 5.96. The zero-order valence-corrected chi connectivity index (χ0v) is 11.7. The van der Waals surface area contributed by atoms with Crippen molar-refractivity contribution in [2.75, 3.05) is 30.8 Å². The summed E-state index contributed by atoms with van der Waals surface area (Å²) in [4.78, 5) is 0. The van der Waals surface area contributed by atoms with Crippen LogP contribution in [0.1, 0.15) is 19.8 Å². The van der Waals surface area contributed by atoms with Crippen LogP contribution in [0.5, 0.6) is 0 Å². The summed E-state index contributed by atoms with van der Waals surface area (Å²) in [6.07, 6.45) is 2.22. The highest BCUT2D eigenvalue weighted by molar-refractivity contribution is 9.10. The minimum Gasteiger partial charge on any atom is -0.397 e. The fourth-order valence-electron chi connectivity index (χ4n) is 2.04. The van der Waals surface area contributed by atoms with Gasteiger partial charge in [-0.25, -0.2) is 0 Å². The molecule has 0 radical (unpaired) electrons. The Hall–Kier alpha value is -0.740. The zero-order chi connectivity index (χ0) is 12.3. The Morgan fingerprint density at radius 1 is 1.41 bits per heavy atom. The molecule has 3 nitrogen and oxygen atoms in total. The van der Waals surface area contributed by atoms with E-state index in [1.807, 2.05) is 18.2 Å². The second-order valence-electron chi connectivity index (χ2n) is 5.01. The largest absolute Gasteiger partial charge is 0.397 e. The highest BCUT2D eigenvalue weighted by atomic mass is 79.9. The topological polar surface area (TPSA) is 47.3 Å². The first-order valence-electron chi connectivity index (χ1n) is 5.96. The van der Waals surface area contributed by atoms with Crippen molar-refractivity contribution in [2.24, 2.45) is 5.41 Å². The number of nitrogens with two attached hydrogens (primary N) is 1. The van der Waals surface area contributed by atoms with Crippen molar-refractivity contribution in [2.45, 2.75) is 19.8 Å². The third-order valence-corrected chi connectivity index (χ3v) is 3.91. The summed E-state index contributed by atoms with van der Waals surface area (Å²) < 4.78 is 6.41. The molecule has 0 atom stereocenters. The van der Waals surface area contributed by atoms with E-state index in [9.17, 15) is 0 Å². The van der Waals surface area contributed by atoms with Crippen molar-refractivity contribution in [1.82, 2.24) is 0 Å². The fourth-order valence-corrected chi connectivity index (χ4v) is 2.42. The van der Waals surface area contributed by atoms with E-state index in [-0.39, 0.29) is 0 Å². The molecule has 1 saturated heterocycles. The molecule has 0 unspecified atom stereocenters. The number of nitrogens with one attached hydrogen (secondary N) is 1. The number of rotatable bonds is 3. The van der Waals surface area contributed by atoms with Gasteiger partial charge in [0.05, 0.1) is 11.4 Å². The molecular weight excluding hydrogens is 280 g/mol. The summed E-state index contributed by atoms with van der Waals surface area (Å²) in [7, 11) is 0. The minimum atomic E-state index is 0.317. The van der Waals surface area contributed by atoms with Crippen LogP contribution in [0.2, 0.25) is 0 Å². The van der Waals surface area contributed by atoms with Gasteiger partial charge in [0, 0.05) is 24.2 Å². The predicted octanol–water partition coefficient (Wildman–Crippen LogP) is 3.26. The molecular formula is C13H19BrN2O. The van der Waals surface area contributed by atoms with Crippen molar-refractivity contribution in [1.29, 1.82) is 0 Å². The molecule has 0 aliphatic carbocycles. The molecule has 94 valence electrons. The molecule has 1 aromatic carbocycles. The van der Waals surface area contributed by atoms with Gasteiger partial charge in [0.1, 0.15) is 0 Å². The minimum absolute atomic E-state index is 0.317. The number of anilines is 2. The molecule has 17 heavy (non-hydrogen) atoms. The summed E-state index contributed by atoms with van der Waals surface area (Å²) in [5.41, 5.74) is 8.08. The van der Waals surface area contributed by atoms with Gasteiger partial charge in [0.15, 0.2) is 0 Å². The van der Waals surface area contributed by atoms with E-state index < -0.39 is 0 Å². The number of ether oxygens (including phenoxy) is 1. The fraction of sp³-hybridized carbons (Fsp3) is 0.538. The van der Waals surface area contributed by atoms with Crippen molar-refractivity contribution in [3.63, 3.8) is 0 Å². The van der Waals surface area contributed by atoms with Gasteiger partial charge in [-0.1, -0.05) is 22.9 Å². The Morgan fingerprint density at radius 2 is 2.12 bits per heavy atom. The zero-order valence-electron chi connectivity index (χ0n) is 10.1. The maximum absolute atomic E-state index is 5.96. The summed E-state index contributed by atoms with van der Waals surface area (Å²) in [5.74, 6) is 0. The van der Waals surface area contributed by atoms with Crippen molar-refractivity contribution < 1.29 is 4.74 Å². The van der Waals surface area contributed by atoms with Crippen LogP contribution in [-0.4, -0.2) is 19.8 Å². The summed E-state index contributed by atoms with van der Waals surface area (Å²) >= 11 is 3.41. The second-order valence-corrected chi connectivity index (χ2v) is 5.92. The van der Waals surface area contributed by atoms with Crippen LogP contribution >= 0.6 is 15.9 Å². The second kappa shape index (κ2) is 5.27. The summed E-state index contributed by atoms with van der Waals surface area (Å²) in [5, 5.41) is 3.45. The molecule has 0 bridgehead atoms. The number of benzene rings is 1. The van der Waals surface area contributed by atoms with E-state index in [1.54, 1.807) is 0 Å². The van der Waals surface area contributed by atoms with E-state index in [2.05, 4.69) is 28.2 Å². The highest BCUT2D eigenvalue weighted by Crippen LogP contribution is 2.31. The molecule has 1 aliphatic heterocycles. The van der Waals surface area contributed by atoms with Crippen LogP contribution in [0.4, 0.5) is 11.4 Å². The molecule has 0 spiro atoms. The Morgan fingerprint density at radius 3 is 2.76 bits per heavy atom. The van der Waals surface area contributed by atoms with Gasteiger partial charge in [-0.05, 0) is 36.5 Å². The van der Waals surface area contributed by atoms with E-state index in [0.29, 0.717) is 5.41 Å². The van der Waals surface area contributed by atoms with Gasteiger partial charge in [-0.3, -0.25) is 0 Å². The molecule has 1 aliphatic rings. The Labute approximate surface area is 111 Å².